The van der Waals surface area contributed by atoms with E-state index in [2.05, 4.69) is 31.6 Å². The Hall–Kier alpha value is -2.39. The first kappa shape index (κ1) is 20.3. The molecule has 0 unspecified atom stereocenters. The first-order valence-corrected chi connectivity index (χ1v) is 9.86. The van der Waals surface area contributed by atoms with E-state index in [0.717, 1.165) is 27.8 Å². The fourth-order valence-electron chi connectivity index (χ4n) is 2.69. The Labute approximate surface area is 175 Å². The number of nitrogens with one attached hydrogen (secondary N) is 2. The minimum Gasteiger partial charge on any atom is -0.493 e. The van der Waals surface area contributed by atoms with Gasteiger partial charge < -0.3 is 14.9 Å². The number of rotatable bonds is 8. The van der Waals surface area contributed by atoms with E-state index in [1.165, 1.54) is 12.1 Å². The summed E-state index contributed by atoms with van der Waals surface area (Å²) in [6.07, 6.45) is 0.730. The molecule has 148 valence electrons. The molecule has 3 rings (SSSR count). The summed E-state index contributed by atoms with van der Waals surface area (Å²) in [5, 5.41) is 6.98. The number of hydrogen-bond acceptors (Lipinski definition) is 5. The lowest BCUT2D eigenvalue weighted by Gasteiger charge is -2.18. The normalized spacial score (nSPS) is 10.7. The van der Waals surface area contributed by atoms with Crippen molar-refractivity contribution < 1.29 is 13.9 Å². The second kappa shape index (κ2) is 9.20. The Morgan fingerprint density at radius 1 is 1.25 bits per heavy atom. The zero-order valence-corrected chi connectivity index (χ0v) is 17.9. The van der Waals surface area contributed by atoms with Crippen molar-refractivity contribution in [3.05, 3.63) is 68.4 Å². The molecular weight excluding hydrogens is 447 g/mol. The highest BCUT2D eigenvalue weighted by Gasteiger charge is 2.16. The van der Waals surface area contributed by atoms with Crippen molar-refractivity contribution in [2.45, 2.75) is 26.5 Å². The van der Waals surface area contributed by atoms with Crippen LogP contribution in [-0.2, 0) is 19.6 Å². The Morgan fingerprint density at radius 2 is 2.00 bits per heavy atom. The topological polar surface area (TPSA) is 64.1 Å². The molecule has 0 aliphatic heterocycles. The van der Waals surface area contributed by atoms with Gasteiger partial charge in [0.25, 0.3) is 0 Å². The average molecular weight is 467 g/mol. The van der Waals surface area contributed by atoms with Gasteiger partial charge in [0.2, 0.25) is 4.77 Å². The quantitative estimate of drug-likeness (QED) is 0.469. The van der Waals surface area contributed by atoms with Crippen LogP contribution in [0.2, 0.25) is 0 Å². The van der Waals surface area contributed by atoms with E-state index < -0.39 is 0 Å². The molecule has 6 nitrogen and oxygen atoms in total. The van der Waals surface area contributed by atoms with Crippen LogP contribution in [0.25, 0.3) is 0 Å². The van der Waals surface area contributed by atoms with E-state index in [9.17, 15) is 4.39 Å². The molecule has 0 aliphatic carbocycles. The van der Waals surface area contributed by atoms with Gasteiger partial charge in [0, 0.05) is 16.5 Å². The molecule has 2 aromatic carbocycles. The molecule has 3 aromatic rings. The van der Waals surface area contributed by atoms with Gasteiger partial charge in [-0.3, -0.25) is 5.10 Å². The maximum absolute atomic E-state index is 13.1. The van der Waals surface area contributed by atoms with Crippen LogP contribution in [0.4, 0.5) is 4.39 Å². The second-order valence-electron chi connectivity index (χ2n) is 5.94. The highest BCUT2D eigenvalue weighted by atomic mass is 79.9. The average Bonchev–Trinajstić information content (AvgIpc) is 3.06. The van der Waals surface area contributed by atoms with Gasteiger partial charge in [0.05, 0.1) is 13.7 Å². The van der Waals surface area contributed by atoms with Crippen molar-refractivity contribution in [3.63, 3.8) is 0 Å². The van der Waals surface area contributed by atoms with Crippen LogP contribution in [-0.4, -0.2) is 22.0 Å². The standard InChI is InChI=1S/C19H20BrFN4O2S/c1-3-17-23-24-19(28)25(17)22-10-14-15(20)8-9-16(26-2)18(14)27-11-12-4-6-13(21)7-5-12/h4-9,22H,3,10-11H2,1-2H3,(H,24,28). The third kappa shape index (κ3) is 4.53. The molecule has 1 aromatic heterocycles. The highest BCUT2D eigenvalue weighted by Crippen LogP contribution is 2.37. The van der Waals surface area contributed by atoms with Crippen LogP contribution in [0.1, 0.15) is 23.9 Å². The summed E-state index contributed by atoms with van der Waals surface area (Å²) in [4.78, 5) is 0. The minimum atomic E-state index is -0.280. The SMILES string of the molecule is CCc1n[nH]c(=S)n1NCc1c(Br)ccc(OC)c1OCc1ccc(F)cc1. The van der Waals surface area contributed by atoms with Gasteiger partial charge in [-0.25, -0.2) is 9.07 Å². The van der Waals surface area contributed by atoms with Gasteiger partial charge in [0.15, 0.2) is 17.3 Å². The lowest BCUT2D eigenvalue weighted by atomic mass is 10.1. The van der Waals surface area contributed by atoms with Crippen LogP contribution in [0.15, 0.2) is 40.9 Å². The van der Waals surface area contributed by atoms with Crippen LogP contribution in [0, 0.1) is 10.6 Å². The number of benzene rings is 2. The van der Waals surface area contributed by atoms with Crippen molar-refractivity contribution in [2.24, 2.45) is 0 Å². The molecular formula is C19H20BrFN4O2S. The number of nitrogens with zero attached hydrogens (tertiary/aromatic N) is 2. The van der Waals surface area contributed by atoms with Gasteiger partial charge in [-0.15, -0.1) is 0 Å². The van der Waals surface area contributed by atoms with Gasteiger partial charge in [-0.1, -0.05) is 35.0 Å². The summed E-state index contributed by atoms with van der Waals surface area (Å²) >= 11 is 8.86. The molecule has 0 saturated carbocycles. The lowest BCUT2D eigenvalue weighted by molar-refractivity contribution is 0.281. The smallest absolute Gasteiger partial charge is 0.214 e. The number of hydrogen-bond donors (Lipinski definition) is 2. The van der Waals surface area contributed by atoms with Gasteiger partial charge >= 0.3 is 0 Å². The van der Waals surface area contributed by atoms with E-state index in [-0.39, 0.29) is 12.4 Å². The van der Waals surface area contributed by atoms with E-state index in [4.69, 9.17) is 21.7 Å². The lowest BCUT2D eigenvalue weighted by Crippen LogP contribution is -2.18. The number of ether oxygens (including phenoxy) is 2. The van der Waals surface area contributed by atoms with Crippen LogP contribution >= 0.6 is 28.1 Å². The number of aryl methyl sites for hydroxylation is 1. The van der Waals surface area contributed by atoms with Crippen molar-refractivity contribution >= 4 is 28.1 Å². The molecule has 0 fully saturated rings. The molecule has 1 heterocycles. The number of halogens is 2. The third-order valence-corrected chi connectivity index (χ3v) is 5.17. The Kier molecular flexibility index (Phi) is 6.69. The molecule has 9 heteroatoms. The van der Waals surface area contributed by atoms with E-state index in [1.54, 1.807) is 23.9 Å². The first-order chi connectivity index (χ1) is 13.5. The first-order valence-electron chi connectivity index (χ1n) is 8.66. The molecule has 0 atom stereocenters. The summed E-state index contributed by atoms with van der Waals surface area (Å²) in [6.45, 7) is 2.71. The Balaban J connectivity index is 1.86. The maximum Gasteiger partial charge on any atom is 0.214 e. The predicted octanol–water partition coefficient (Wildman–Crippen LogP) is 4.74. The van der Waals surface area contributed by atoms with Crippen molar-refractivity contribution in [3.8, 4) is 11.5 Å². The monoisotopic (exact) mass is 466 g/mol. The van der Waals surface area contributed by atoms with Crippen LogP contribution in [0.5, 0.6) is 11.5 Å². The Morgan fingerprint density at radius 3 is 2.68 bits per heavy atom. The van der Waals surface area contributed by atoms with Gasteiger partial charge in [0.1, 0.15) is 12.4 Å². The fourth-order valence-corrected chi connectivity index (χ4v) is 3.36. The van der Waals surface area contributed by atoms with E-state index >= 15 is 0 Å². The van der Waals surface area contributed by atoms with Crippen LogP contribution in [0.3, 0.4) is 0 Å². The second-order valence-corrected chi connectivity index (χ2v) is 7.18. The van der Waals surface area contributed by atoms with Crippen molar-refractivity contribution in [1.29, 1.82) is 0 Å². The zero-order valence-electron chi connectivity index (χ0n) is 15.5. The molecule has 0 amide bonds. The molecule has 28 heavy (non-hydrogen) atoms. The number of methoxy groups -OCH3 is 1. The molecule has 0 spiro atoms. The number of H-pyrrole nitrogens is 1. The van der Waals surface area contributed by atoms with Crippen molar-refractivity contribution in [2.75, 3.05) is 12.5 Å². The maximum atomic E-state index is 13.1. The summed E-state index contributed by atoms with van der Waals surface area (Å²) in [7, 11) is 1.59. The minimum absolute atomic E-state index is 0.280. The molecule has 2 N–H and O–H groups in total. The molecule has 0 aliphatic rings. The largest absolute Gasteiger partial charge is 0.493 e. The molecule has 0 bridgehead atoms. The van der Waals surface area contributed by atoms with E-state index in [0.29, 0.717) is 22.8 Å². The summed E-state index contributed by atoms with van der Waals surface area (Å²) in [5.41, 5.74) is 4.99. The summed E-state index contributed by atoms with van der Waals surface area (Å²) < 4.78 is 27.7. The Bertz CT molecular complexity index is 1000. The fraction of sp³-hybridized carbons (Fsp3) is 0.263. The summed E-state index contributed by atoms with van der Waals surface area (Å²) in [5.74, 6) is 1.73. The number of aromatic amines is 1. The van der Waals surface area contributed by atoms with E-state index in [1.807, 2.05) is 19.1 Å². The van der Waals surface area contributed by atoms with Gasteiger partial charge in [-0.05, 0) is 42.0 Å². The van der Waals surface area contributed by atoms with Gasteiger partial charge in [-0.2, -0.15) is 5.10 Å². The third-order valence-electron chi connectivity index (χ3n) is 4.16. The molecule has 0 saturated heterocycles. The van der Waals surface area contributed by atoms with Crippen LogP contribution < -0.4 is 14.9 Å². The molecule has 0 radical (unpaired) electrons. The highest BCUT2D eigenvalue weighted by molar-refractivity contribution is 9.10. The predicted molar refractivity (Wildman–Crippen MR) is 111 cm³/mol. The van der Waals surface area contributed by atoms with Crippen molar-refractivity contribution in [1.82, 2.24) is 14.9 Å². The summed E-state index contributed by atoms with van der Waals surface area (Å²) in [6, 6.07) is 9.93. The zero-order chi connectivity index (χ0) is 20.1. The number of aromatic nitrogens is 3.